The predicted molar refractivity (Wildman–Crippen MR) is 145 cm³/mol. The first kappa shape index (κ1) is 25.5. The van der Waals surface area contributed by atoms with Crippen LogP contribution in [0.2, 0.25) is 0 Å². The first-order chi connectivity index (χ1) is 16.2. The Morgan fingerprint density at radius 1 is 0.971 bits per heavy atom. The second kappa shape index (κ2) is 11.0. The van der Waals surface area contributed by atoms with E-state index in [-0.39, 0.29) is 24.8 Å². The number of anilines is 2. The maximum absolute atomic E-state index is 6.10. The number of benzene rings is 1. The highest BCUT2D eigenvalue weighted by atomic mass is 35.5. The van der Waals surface area contributed by atoms with Crippen LogP contribution >= 0.6 is 24.8 Å². The molecule has 0 bridgehead atoms. The lowest BCUT2D eigenvalue weighted by Gasteiger charge is -2.27. The fraction of sp³-hybridized carbons (Fsp3) is 0.500. The van der Waals surface area contributed by atoms with Crippen LogP contribution in [-0.4, -0.2) is 41.6 Å². The molecule has 0 aliphatic heterocycles. The molecule has 0 saturated heterocycles. The molecule has 5 N–H and O–H groups in total. The van der Waals surface area contributed by atoms with Crippen LogP contribution in [0, 0.1) is 0 Å². The van der Waals surface area contributed by atoms with Crippen molar-refractivity contribution in [2.75, 3.05) is 10.6 Å². The van der Waals surface area contributed by atoms with E-state index in [0.717, 1.165) is 59.5 Å². The molecule has 0 spiro atoms. The molecule has 0 unspecified atom stereocenters. The number of aromatic nitrogens is 6. The fourth-order valence-electron chi connectivity index (χ4n) is 5.26. The third-order valence-corrected chi connectivity index (χ3v) is 7.11. The Morgan fingerprint density at radius 3 is 2.51 bits per heavy atom. The first-order valence-electron chi connectivity index (χ1n) is 12.2. The molecule has 6 rings (SSSR count). The normalized spacial score (nSPS) is 20.5. The summed E-state index contributed by atoms with van der Waals surface area (Å²) in [6, 6.07) is 9.20. The second-order valence-electron chi connectivity index (χ2n) is 9.47. The maximum Gasteiger partial charge on any atom is 0.227 e. The minimum atomic E-state index is 0. The number of nitrogens with two attached hydrogens (primary N) is 1. The molecule has 3 heterocycles. The van der Waals surface area contributed by atoms with Crippen LogP contribution in [0.25, 0.3) is 22.2 Å². The van der Waals surface area contributed by atoms with Crippen molar-refractivity contribution in [3.63, 3.8) is 0 Å². The molecular weight excluding hydrogens is 485 g/mol. The van der Waals surface area contributed by atoms with Crippen molar-refractivity contribution in [3.8, 4) is 0 Å². The monoisotopic (exact) mass is 517 g/mol. The lowest BCUT2D eigenvalue weighted by atomic mass is 9.92. The highest BCUT2D eigenvalue weighted by Gasteiger charge is 2.24. The van der Waals surface area contributed by atoms with Crippen LogP contribution < -0.4 is 16.4 Å². The number of halogens is 2. The lowest BCUT2D eigenvalue weighted by molar-refractivity contribution is 0.410. The molecule has 0 radical (unpaired) electrons. The van der Waals surface area contributed by atoms with Crippen molar-refractivity contribution in [1.82, 2.24) is 29.5 Å². The Bertz CT molecular complexity index is 1220. The van der Waals surface area contributed by atoms with Gasteiger partial charge in [0.05, 0.1) is 23.9 Å². The van der Waals surface area contributed by atoms with Gasteiger partial charge in [-0.3, -0.25) is 0 Å². The van der Waals surface area contributed by atoms with Crippen molar-refractivity contribution in [2.45, 2.75) is 76.0 Å². The van der Waals surface area contributed by atoms with E-state index in [9.17, 15) is 0 Å². The topological polar surface area (TPSA) is 122 Å². The van der Waals surface area contributed by atoms with E-state index >= 15 is 0 Å². The number of H-pyrrole nitrogens is 1. The molecule has 9 nitrogen and oxygen atoms in total. The zero-order chi connectivity index (χ0) is 22.2. The van der Waals surface area contributed by atoms with Gasteiger partial charge in [-0.1, -0.05) is 25.0 Å². The van der Waals surface area contributed by atoms with E-state index in [1.165, 1.54) is 25.7 Å². The Morgan fingerprint density at radius 2 is 1.74 bits per heavy atom. The summed E-state index contributed by atoms with van der Waals surface area (Å²) in [5.74, 6) is 2.27. The Kier molecular flexibility index (Phi) is 7.98. The summed E-state index contributed by atoms with van der Waals surface area (Å²) < 4.78 is 2.25. The number of hydrogen-bond acceptors (Lipinski definition) is 7. The summed E-state index contributed by atoms with van der Waals surface area (Å²) >= 11 is 0. The van der Waals surface area contributed by atoms with Gasteiger partial charge in [-0.15, -0.1) is 24.8 Å². The molecule has 4 aromatic rings. The second-order valence-corrected chi connectivity index (χ2v) is 9.47. The number of fused-ring (bicyclic) bond motifs is 2. The quantitative estimate of drug-likeness (QED) is 0.285. The van der Waals surface area contributed by atoms with Gasteiger partial charge in [0.15, 0.2) is 17.0 Å². The van der Waals surface area contributed by atoms with Gasteiger partial charge in [0.25, 0.3) is 0 Å². The highest BCUT2D eigenvalue weighted by Crippen LogP contribution is 2.33. The summed E-state index contributed by atoms with van der Waals surface area (Å²) in [5, 5.41) is 7.05. The first-order valence-corrected chi connectivity index (χ1v) is 12.2. The number of nitrogens with zero attached hydrogens (tertiary/aromatic N) is 5. The van der Waals surface area contributed by atoms with E-state index in [1.54, 1.807) is 0 Å². The number of aromatic amines is 1. The molecule has 2 aliphatic rings. The number of hydrogen-bond donors (Lipinski definition) is 4. The molecule has 11 heteroatoms. The van der Waals surface area contributed by atoms with Crippen LogP contribution in [0.3, 0.4) is 0 Å². The lowest BCUT2D eigenvalue weighted by Crippen LogP contribution is -2.33. The number of para-hydroxylation sites is 2. The number of nitrogens with one attached hydrogen (secondary N) is 3. The van der Waals surface area contributed by atoms with Crippen molar-refractivity contribution in [1.29, 1.82) is 0 Å². The molecular formula is C24H33Cl2N9. The summed E-state index contributed by atoms with van der Waals surface area (Å²) in [7, 11) is 0. The smallest absolute Gasteiger partial charge is 0.227 e. The Hall–Kier alpha value is -2.62. The Balaban J connectivity index is 0.00000144. The number of imidazole rings is 2. The molecule has 1 aromatic carbocycles. The zero-order valence-corrected chi connectivity index (χ0v) is 21.2. The van der Waals surface area contributed by atoms with E-state index in [1.807, 2.05) is 30.6 Å². The standard InChI is InChI=1S/C24H31N9.2ClH/c25-15-9-11-16(12-10-15)28-24-31-22(26-13-20-29-18-7-3-4-8-19(18)30-20)21-23(32-24)33(14-27-21)17-5-1-2-6-17;;/h3-4,7-8,14-17H,1-2,5-6,9-13,25H2,(H,29,30)(H2,26,28,31,32);2*1H/t15-,16-;;. The molecule has 0 amide bonds. The largest absolute Gasteiger partial charge is 0.361 e. The highest BCUT2D eigenvalue weighted by molar-refractivity contribution is 5.86. The van der Waals surface area contributed by atoms with E-state index < -0.39 is 0 Å². The van der Waals surface area contributed by atoms with Gasteiger partial charge in [0, 0.05) is 18.1 Å². The van der Waals surface area contributed by atoms with Crippen LogP contribution in [-0.2, 0) is 6.54 Å². The van der Waals surface area contributed by atoms with Gasteiger partial charge >= 0.3 is 0 Å². The van der Waals surface area contributed by atoms with Crippen LogP contribution in [0.1, 0.15) is 63.2 Å². The molecule has 35 heavy (non-hydrogen) atoms. The SMILES string of the molecule is Cl.Cl.N[C@H]1CC[C@H](Nc2nc(NCc3nc4ccccc4[nH]3)c3ncn(C4CCCC4)c3n2)CC1. The summed E-state index contributed by atoms with van der Waals surface area (Å²) in [6.07, 6.45) is 11.0. The molecule has 2 aliphatic carbocycles. The van der Waals surface area contributed by atoms with Crippen molar-refractivity contribution >= 4 is 58.8 Å². The van der Waals surface area contributed by atoms with E-state index in [0.29, 0.717) is 30.6 Å². The molecule has 2 saturated carbocycles. The third kappa shape index (κ3) is 5.32. The van der Waals surface area contributed by atoms with Crippen molar-refractivity contribution < 1.29 is 0 Å². The minimum Gasteiger partial charge on any atom is -0.361 e. The molecule has 2 fully saturated rings. The van der Waals surface area contributed by atoms with Gasteiger partial charge < -0.3 is 25.9 Å². The molecule has 0 atom stereocenters. The summed E-state index contributed by atoms with van der Waals surface area (Å²) in [6.45, 7) is 0.537. The van der Waals surface area contributed by atoms with Crippen molar-refractivity contribution in [2.24, 2.45) is 5.73 Å². The average Bonchev–Trinajstić information content (AvgIpc) is 3.58. The zero-order valence-electron chi connectivity index (χ0n) is 19.6. The summed E-state index contributed by atoms with van der Waals surface area (Å²) in [4.78, 5) is 22.5. The van der Waals surface area contributed by atoms with E-state index in [2.05, 4.69) is 25.2 Å². The van der Waals surface area contributed by atoms with Crippen LogP contribution in [0.4, 0.5) is 11.8 Å². The Labute approximate surface area is 216 Å². The number of rotatable bonds is 6. The average molecular weight is 518 g/mol. The van der Waals surface area contributed by atoms with Gasteiger partial charge in [0.2, 0.25) is 5.95 Å². The van der Waals surface area contributed by atoms with Crippen LogP contribution in [0.5, 0.6) is 0 Å². The van der Waals surface area contributed by atoms with Crippen LogP contribution in [0.15, 0.2) is 30.6 Å². The van der Waals surface area contributed by atoms with E-state index in [4.69, 9.17) is 20.7 Å². The van der Waals surface area contributed by atoms with Gasteiger partial charge in [0.1, 0.15) is 5.82 Å². The molecule has 3 aromatic heterocycles. The third-order valence-electron chi connectivity index (χ3n) is 7.11. The maximum atomic E-state index is 6.10. The van der Waals surface area contributed by atoms with Crippen molar-refractivity contribution in [3.05, 3.63) is 36.4 Å². The van der Waals surface area contributed by atoms with Gasteiger partial charge in [-0.2, -0.15) is 9.97 Å². The van der Waals surface area contributed by atoms with Gasteiger partial charge in [-0.05, 0) is 50.7 Å². The summed E-state index contributed by atoms with van der Waals surface area (Å²) in [5.41, 5.74) is 9.81. The minimum absolute atomic E-state index is 0. The molecule has 188 valence electrons. The fourth-order valence-corrected chi connectivity index (χ4v) is 5.26. The van der Waals surface area contributed by atoms with Gasteiger partial charge in [-0.25, -0.2) is 9.97 Å². The predicted octanol–water partition coefficient (Wildman–Crippen LogP) is 4.96.